The first kappa shape index (κ1) is 18.3. The third-order valence-corrected chi connectivity index (χ3v) is 6.41. The maximum absolute atomic E-state index is 12.9. The molecule has 0 atom stereocenters. The van der Waals surface area contributed by atoms with Crippen LogP contribution in [0.4, 0.5) is 25.3 Å². The number of hydrogen-bond donors (Lipinski definition) is 1. The molecule has 4 heterocycles. The molecule has 0 unspecified atom stereocenters. The van der Waals surface area contributed by atoms with Crippen LogP contribution in [0.1, 0.15) is 0 Å². The SMILES string of the molecule is FC(F)CN1CCSc2ccc(Nc3nn4cc(-c5cccnc5)nc4s3)cc21. The van der Waals surface area contributed by atoms with Crippen LogP contribution >= 0.6 is 23.1 Å². The third kappa shape index (κ3) is 3.77. The first-order valence-corrected chi connectivity index (χ1v) is 10.8. The molecule has 1 N–H and O–H groups in total. The highest BCUT2D eigenvalue weighted by Gasteiger charge is 2.21. The summed E-state index contributed by atoms with van der Waals surface area (Å²) in [5.74, 6) is 0.815. The fraction of sp³-hybridized carbons (Fsp3) is 0.211. The van der Waals surface area contributed by atoms with Crippen LogP contribution in [0.3, 0.4) is 0 Å². The predicted octanol–water partition coefficient (Wildman–Crippen LogP) is 4.77. The molecule has 6 nitrogen and oxygen atoms in total. The van der Waals surface area contributed by atoms with Gasteiger partial charge in [-0.2, -0.15) is 0 Å². The van der Waals surface area contributed by atoms with Gasteiger partial charge < -0.3 is 10.2 Å². The van der Waals surface area contributed by atoms with Crippen molar-refractivity contribution in [3.8, 4) is 11.3 Å². The monoisotopic (exact) mass is 430 g/mol. The summed E-state index contributed by atoms with van der Waals surface area (Å²) in [7, 11) is 0. The molecule has 1 aliphatic rings. The minimum atomic E-state index is -2.36. The van der Waals surface area contributed by atoms with E-state index in [4.69, 9.17) is 0 Å². The van der Waals surface area contributed by atoms with Gasteiger partial charge in [0.15, 0.2) is 0 Å². The number of alkyl halides is 2. The van der Waals surface area contributed by atoms with Gasteiger partial charge in [-0.15, -0.1) is 16.9 Å². The molecule has 3 aromatic heterocycles. The molecule has 0 radical (unpaired) electrons. The van der Waals surface area contributed by atoms with Crippen molar-refractivity contribution >= 4 is 44.6 Å². The maximum Gasteiger partial charge on any atom is 0.255 e. The van der Waals surface area contributed by atoms with Crippen LogP contribution in [-0.4, -0.2) is 44.8 Å². The highest BCUT2D eigenvalue weighted by Crippen LogP contribution is 2.38. The molecule has 0 aliphatic carbocycles. The summed E-state index contributed by atoms with van der Waals surface area (Å²) in [5, 5.41) is 8.50. The summed E-state index contributed by atoms with van der Waals surface area (Å²) >= 11 is 3.12. The Balaban J connectivity index is 1.39. The molecule has 29 heavy (non-hydrogen) atoms. The van der Waals surface area contributed by atoms with E-state index in [1.54, 1.807) is 33.6 Å². The van der Waals surface area contributed by atoms with Gasteiger partial charge in [0.2, 0.25) is 10.1 Å². The summed E-state index contributed by atoms with van der Waals surface area (Å²) < 4.78 is 27.6. The van der Waals surface area contributed by atoms with Gasteiger partial charge in [0.1, 0.15) is 0 Å². The Bertz CT molecular complexity index is 1110. The van der Waals surface area contributed by atoms with E-state index < -0.39 is 6.43 Å². The third-order valence-electron chi connectivity index (χ3n) is 4.53. The fourth-order valence-electron chi connectivity index (χ4n) is 3.23. The van der Waals surface area contributed by atoms with Crippen molar-refractivity contribution in [2.45, 2.75) is 11.3 Å². The zero-order valence-corrected chi connectivity index (χ0v) is 16.8. The number of anilines is 3. The molecule has 0 saturated carbocycles. The second-order valence-corrected chi connectivity index (χ2v) is 8.59. The van der Waals surface area contributed by atoms with Gasteiger partial charge in [-0.25, -0.2) is 18.3 Å². The summed E-state index contributed by atoms with van der Waals surface area (Å²) in [6.07, 6.45) is 2.99. The van der Waals surface area contributed by atoms with Crippen LogP contribution in [0.2, 0.25) is 0 Å². The number of fused-ring (bicyclic) bond motifs is 2. The lowest BCUT2D eigenvalue weighted by atomic mass is 10.2. The number of aromatic nitrogens is 4. The fourth-order valence-corrected chi connectivity index (χ4v) is 5.07. The Morgan fingerprint density at radius 2 is 2.17 bits per heavy atom. The van der Waals surface area contributed by atoms with E-state index >= 15 is 0 Å². The highest BCUT2D eigenvalue weighted by atomic mass is 32.2. The van der Waals surface area contributed by atoms with Gasteiger partial charge in [0.05, 0.1) is 24.1 Å². The van der Waals surface area contributed by atoms with E-state index in [1.165, 1.54) is 11.3 Å². The Morgan fingerprint density at radius 1 is 1.24 bits per heavy atom. The molecule has 10 heteroatoms. The van der Waals surface area contributed by atoms with Crippen molar-refractivity contribution in [3.05, 3.63) is 48.9 Å². The van der Waals surface area contributed by atoms with Gasteiger partial charge in [-0.3, -0.25) is 4.98 Å². The molecule has 0 fully saturated rings. The molecule has 1 aliphatic heterocycles. The number of imidazole rings is 1. The van der Waals surface area contributed by atoms with Crippen molar-refractivity contribution < 1.29 is 8.78 Å². The molecule has 148 valence electrons. The molecular weight excluding hydrogens is 414 g/mol. The van der Waals surface area contributed by atoms with E-state index in [-0.39, 0.29) is 6.54 Å². The zero-order valence-electron chi connectivity index (χ0n) is 15.1. The summed E-state index contributed by atoms with van der Waals surface area (Å²) in [6.45, 7) is 0.368. The van der Waals surface area contributed by atoms with Gasteiger partial charge >= 0.3 is 0 Å². The van der Waals surface area contributed by atoms with Gasteiger partial charge in [0, 0.05) is 40.8 Å². The second-order valence-electron chi connectivity index (χ2n) is 6.50. The van der Waals surface area contributed by atoms with Gasteiger partial charge in [-0.1, -0.05) is 11.3 Å². The molecular formula is C19H16F2N6S2. The van der Waals surface area contributed by atoms with E-state index in [2.05, 4.69) is 20.4 Å². The van der Waals surface area contributed by atoms with Crippen LogP contribution < -0.4 is 10.2 Å². The zero-order chi connectivity index (χ0) is 19.8. The maximum atomic E-state index is 12.9. The quantitative estimate of drug-likeness (QED) is 0.492. The largest absolute Gasteiger partial charge is 0.364 e. The first-order valence-electron chi connectivity index (χ1n) is 8.99. The standard InChI is InChI=1S/C19H16F2N6S2/c20-17(21)11-26-6-7-28-16-4-3-13(8-15(16)26)23-18-25-27-10-14(24-19(27)29-18)12-2-1-5-22-9-12/h1-5,8-10,17H,6-7,11H2,(H,23,25). The van der Waals surface area contributed by atoms with Crippen LogP contribution in [0, 0.1) is 0 Å². The number of benzene rings is 1. The number of rotatable bonds is 5. The van der Waals surface area contributed by atoms with Crippen molar-refractivity contribution in [1.82, 2.24) is 19.6 Å². The van der Waals surface area contributed by atoms with Gasteiger partial charge in [-0.05, 0) is 30.3 Å². The lowest BCUT2D eigenvalue weighted by molar-refractivity contribution is 0.155. The van der Waals surface area contributed by atoms with E-state index in [9.17, 15) is 8.78 Å². The number of hydrogen-bond acceptors (Lipinski definition) is 7. The van der Waals surface area contributed by atoms with Crippen molar-refractivity contribution in [1.29, 1.82) is 0 Å². The molecule has 0 bridgehead atoms. The average Bonchev–Trinajstić information content (AvgIpc) is 3.27. The van der Waals surface area contributed by atoms with Crippen molar-refractivity contribution in [2.24, 2.45) is 0 Å². The minimum Gasteiger partial charge on any atom is -0.364 e. The topological polar surface area (TPSA) is 58.4 Å². The molecule has 0 amide bonds. The van der Waals surface area contributed by atoms with Crippen molar-refractivity contribution in [2.75, 3.05) is 29.1 Å². The Morgan fingerprint density at radius 3 is 2.97 bits per heavy atom. The molecule has 4 aromatic rings. The smallest absolute Gasteiger partial charge is 0.255 e. The summed E-state index contributed by atoms with van der Waals surface area (Å²) in [4.78, 5) is 12.3. The van der Waals surface area contributed by atoms with Gasteiger partial charge in [0.25, 0.3) is 6.43 Å². The number of nitrogens with one attached hydrogen (secondary N) is 1. The molecule has 1 aromatic carbocycles. The van der Waals surface area contributed by atoms with E-state index in [0.29, 0.717) is 11.7 Å². The number of nitrogens with zero attached hydrogens (tertiary/aromatic N) is 5. The number of pyridine rings is 1. The van der Waals surface area contributed by atoms with Crippen molar-refractivity contribution in [3.63, 3.8) is 0 Å². The summed E-state index contributed by atoms with van der Waals surface area (Å²) in [6, 6.07) is 9.65. The van der Waals surface area contributed by atoms with Crippen LogP contribution in [0.5, 0.6) is 0 Å². The summed E-state index contributed by atoms with van der Waals surface area (Å²) in [5.41, 5.74) is 3.41. The second kappa shape index (κ2) is 7.60. The number of thioether (sulfide) groups is 1. The lowest BCUT2D eigenvalue weighted by Gasteiger charge is -2.30. The molecule has 0 spiro atoms. The Hall–Kier alpha value is -2.72. The van der Waals surface area contributed by atoms with E-state index in [0.717, 1.165) is 38.2 Å². The normalized spacial score (nSPS) is 13.8. The molecule has 5 rings (SSSR count). The molecule has 0 saturated heterocycles. The van der Waals surface area contributed by atoms with Crippen LogP contribution in [-0.2, 0) is 0 Å². The number of halogens is 2. The highest BCUT2D eigenvalue weighted by molar-refractivity contribution is 7.99. The predicted molar refractivity (Wildman–Crippen MR) is 113 cm³/mol. The van der Waals surface area contributed by atoms with Crippen LogP contribution in [0.15, 0.2) is 53.8 Å². The minimum absolute atomic E-state index is 0.251. The van der Waals surface area contributed by atoms with E-state index in [1.807, 2.05) is 36.5 Å². The Labute approximate surface area is 173 Å². The average molecular weight is 431 g/mol. The van der Waals surface area contributed by atoms with Crippen LogP contribution in [0.25, 0.3) is 16.2 Å². The lowest BCUT2D eigenvalue weighted by Crippen LogP contribution is -2.33. The first-order chi connectivity index (χ1) is 14.2. The Kier molecular flexibility index (Phi) is 4.80.